The summed E-state index contributed by atoms with van der Waals surface area (Å²) in [5, 5.41) is 11.5. The minimum atomic E-state index is -2.97. The molecule has 60 valence electrons. The van der Waals surface area contributed by atoms with E-state index >= 15 is 0 Å². The number of halogens is 2. The lowest BCUT2D eigenvalue weighted by Gasteiger charge is -2.23. The monoisotopic (exact) mass is 151 g/mol. The van der Waals surface area contributed by atoms with E-state index in [1.165, 1.54) is 0 Å². The molecule has 0 aromatic carbocycles. The molecule has 0 spiro atoms. The van der Waals surface area contributed by atoms with Crippen LogP contribution in [0.1, 0.15) is 13.8 Å². The fourth-order valence-electron chi connectivity index (χ4n) is 1.07. The molecule has 0 saturated carbocycles. The zero-order valence-electron chi connectivity index (χ0n) is 5.99. The van der Waals surface area contributed by atoms with Crippen LogP contribution in [-0.2, 0) is 0 Å². The lowest BCUT2D eigenvalue weighted by molar-refractivity contribution is -0.0910. The maximum Gasteiger partial charge on any atom is 0.287 e. The molecular formula is C6H11F2NO. The van der Waals surface area contributed by atoms with Crippen LogP contribution in [0, 0.1) is 0 Å². The first-order valence-electron chi connectivity index (χ1n) is 3.17. The molecule has 4 heteroatoms. The Labute approximate surface area is 58.2 Å². The Morgan fingerprint density at radius 2 is 2.00 bits per heavy atom. The topological polar surface area (TPSA) is 32.3 Å². The predicted octanol–water partition coefficient (Wildman–Crippen LogP) is 0.364. The van der Waals surface area contributed by atoms with E-state index in [9.17, 15) is 8.78 Å². The van der Waals surface area contributed by atoms with Crippen molar-refractivity contribution >= 4 is 0 Å². The van der Waals surface area contributed by atoms with Crippen LogP contribution in [0.5, 0.6) is 0 Å². The molecule has 1 unspecified atom stereocenters. The fourth-order valence-corrected chi connectivity index (χ4v) is 1.07. The van der Waals surface area contributed by atoms with Gasteiger partial charge < -0.3 is 10.4 Å². The molecule has 1 rings (SSSR count). The highest BCUT2D eigenvalue weighted by Gasteiger charge is 2.53. The summed E-state index contributed by atoms with van der Waals surface area (Å²) in [7, 11) is 0. The van der Waals surface area contributed by atoms with Crippen LogP contribution in [0.3, 0.4) is 0 Å². The van der Waals surface area contributed by atoms with Gasteiger partial charge in [-0.3, -0.25) is 0 Å². The van der Waals surface area contributed by atoms with Gasteiger partial charge in [0, 0.05) is 5.54 Å². The van der Waals surface area contributed by atoms with Crippen LogP contribution in [0.25, 0.3) is 0 Å². The largest absolute Gasteiger partial charge is 0.385 e. The van der Waals surface area contributed by atoms with Gasteiger partial charge in [0.25, 0.3) is 5.92 Å². The van der Waals surface area contributed by atoms with Crippen molar-refractivity contribution < 1.29 is 13.9 Å². The van der Waals surface area contributed by atoms with Crippen molar-refractivity contribution in [1.29, 1.82) is 0 Å². The van der Waals surface area contributed by atoms with Gasteiger partial charge in [-0.05, 0) is 13.8 Å². The summed E-state index contributed by atoms with van der Waals surface area (Å²) in [5.74, 6) is -2.97. The highest BCUT2D eigenvalue weighted by Crippen LogP contribution is 2.31. The van der Waals surface area contributed by atoms with Gasteiger partial charge in [-0.2, -0.15) is 0 Å². The zero-order valence-corrected chi connectivity index (χ0v) is 5.99. The quantitative estimate of drug-likeness (QED) is 0.524. The van der Waals surface area contributed by atoms with Gasteiger partial charge in [-0.15, -0.1) is 0 Å². The Balaban J connectivity index is 2.77. The summed E-state index contributed by atoms with van der Waals surface area (Å²) < 4.78 is 25.0. The van der Waals surface area contributed by atoms with Crippen molar-refractivity contribution in [3.05, 3.63) is 0 Å². The molecule has 0 bridgehead atoms. The highest BCUT2D eigenvalue weighted by atomic mass is 19.3. The van der Waals surface area contributed by atoms with E-state index in [0.29, 0.717) is 0 Å². The molecular weight excluding hydrogens is 140 g/mol. The number of rotatable bonds is 0. The Hall–Kier alpha value is -0.220. The summed E-state index contributed by atoms with van der Waals surface area (Å²) in [6.45, 7) is 2.68. The lowest BCUT2D eigenvalue weighted by atomic mass is 9.98. The number of aliphatic hydroxyl groups excluding tert-OH is 1. The zero-order chi connectivity index (χ0) is 7.99. The third-order valence-corrected chi connectivity index (χ3v) is 1.86. The second kappa shape index (κ2) is 1.89. The Morgan fingerprint density at radius 1 is 1.50 bits per heavy atom. The van der Waals surface area contributed by atoms with E-state index in [1.54, 1.807) is 13.8 Å². The molecule has 0 aromatic heterocycles. The third-order valence-electron chi connectivity index (χ3n) is 1.86. The van der Waals surface area contributed by atoms with Crippen molar-refractivity contribution in [3.63, 3.8) is 0 Å². The average Bonchev–Trinajstić information content (AvgIpc) is 1.95. The van der Waals surface area contributed by atoms with Gasteiger partial charge in [-0.25, -0.2) is 8.78 Å². The lowest BCUT2D eigenvalue weighted by Crippen LogP contribution is -2.44. The Kier molecular flexibility index (Phi) is 1.49. The Morgan fingerprint density at radius 3 is 2.10 bits per heavy atom. The first-order chi connectivity index (χ1) is 4.36. The van der Waals surface area contributed by atoms with Gasteiger partial charge in [0.1, 0.15) is 6.10 Å². The van der Waals surface area contributed by atoms with E-state index in [1.807, 2.05) is 0 Å². The molecule has 1 aliphatic rings. The number of hydrogen-bond donors (Lipinski definition) is 2. The normalized spacial score (nSPS) is 36.3. The van der Waals surface area contributed by atoms with E-state index in [-0.39, 0.29) is 0 Å². The third kappa shape index (κ3) is 1.01. The molecule has 1 fully saturated rings. The van der Waals surface area contributed by atoms with E-state index in [0.717, 1.165) is 0 Å². The molecule has 1 heterocycles. The van der Waals surface area contributed by atoms with E-state index < -0.39 is 24.1 Å². The molecule has 2 N–H and O–H groups in total. The molecule has 0 amide bonds. The molecule has 0 aromatic rings. The van der Waals surface area contributed by atoms with Crippen LogP contribution >= 0.6 is 0 Å². The molecule has 10 heavy (non-hydrogen) atoms. The van der Waals surface area contributed by atoms with Gasteiger partial charge in [0.15, 0.2) is 0 Å². The smallest absolute Gasteiger partial charge is 0.287 e. The minimum absolute atomic E-state index is 0.429. The fraction of sp³-hybridized carbons (Fsp3) is 1.00. The second-order valence-corrected chi connectivity index (χ2v) is 3.24. The number of hydrogen-bond acceptors (Lipinski definition) is 2. The first-order valence-corrected chi connectivity index (χ1v) is 3.17. The molecule has 0 radical (unpaired) electrons. The predicted molar refractivity (Wildman–Crippen MR) is 33.0 cm³/mol. The average molecular weight is 151 g/mol. The van der Waals surface area contributed by atoms with Crippen LogP contribution in [0.15, 0.2) is 0 Å². The standard InChI is InChI=1S/C6H11F2NO/c1-5(2)4(10)6(7,8)3-9-5/h4,9-10H,3H2,1-2H3. The van der Waals surface area contributed by atoms with Crippen LogP contribution in [0.4, 0.5) is 8.78 Å². The molecule has 1 atom stereocenters. The summed E-state index contributed by atoms with van der Waals surface area (Å²) in [6.07, 6.45) is -1.57. The van der Waals surface area contributed by atoms with Gasteiger partial charge >= 0.3 is 0 Å². The van der Waals surface area contributed by atoms with E-state index in [4.69, 9.17) is 5.11 Å². The van der Waals surface area contributed by atoms with Gasteiger partial charge in [-0.1, -0.05) is 0 Å². The van der Waals surface area contributed by atoms with Crippen LogP contribution in [-0.4, -0.2) is 29.2 Å². The molecule has 2 nitrogen and oxygen atoms in total. The van der Waals surface area contributed by atoms with E-state index in [2.05, 4.69) is 5.32 Å². The van der Waals surface area contributed by atoms with Crippen molar-refractivity contribution in [1.82, 2.24) is 5.32 Å². The number of alkyl halides is 2. The minimum Gasteiger partial charge on any atom is -0.385 e. The van der Waals surface area contributed by atoms with Gasteiger partial charge in [0.2, 0.25) is 0 Å². The summed E-state index contributed by atoms with van der Waals surface area (Å²) in [4.78, 5) is 0. The summed E-state index contributed by atoms with van der Waals surface area (Å²) in [6, 6.07) is 0. The van der Waals surface area contributed by atoms with Crippen molar-refractivity contribution in [2.45, 2.75) is 31.4 Å². The maximum atomic E-state index is 12.5. The summed E-state index contributed by atoms with van der Waals surface area (Å²) >= 11 is 0. The SMILES string of the molecule is CC1(C)NCC(F)(F)C1O. The van der Waals surface area contributed by atoms with Crippen molar-refractivity contribution in [2.24, 2.45) is 0 Å². The molecule has 0 aliphatic carbocycles. The Bertz CT molecular complexity index is 131. The number of nitrogens with one attached hydrogen (secondary N) is 1. The van der Waals surface area contributed by atoms with Crippen LogP contribution in [0.2, 0.25) is 0 Å². The van der Waals surface area contributed by atoms with Crippen molar-refractivity contribution in [3.8, 4) is 0 Å². The highest BCUT2D eigenvalue weighted by molar-refractivity contribution is 5.02. The van der Waals surface area contributed by atoms with Gasteiger partial charge in [0.05, 0.1) is 6.54 Å². The molecule has 1 aliphatic heterocycles. The maximum absolute atomic E-state index is 12.5. The molecule has 1 saturated heterocycles. The summed E-state index contributed by atoms with van der Waals surface area (Å²) in [5.41, 5.74) is -0.858. The first kappa shape index (κ1) is 7.88. The second-order valence-electron chi connectivity index (χ2n) is 3.24. The van der Waals surface area contributed by atoms with Crippen molar-refractivity contribution in [2.75, 3.05) is 6.54 Å². The van der Waals surface area contributed by atoms with Crippen LogP contribution < -0.4 is 5.32 Å². The number of aliphatic hydroxyl groups is 1.